The fourth-order valence-corrected chi connectivity index (χ4v) is 2.83. The lowest BCUT2D eigenvalue weighted by atomic mass is 10.2. The third-order valence-electron chi connectivity index (χ3n) is 2.82. The molecule has 1 unspecified atom stereocenters. The first kappa shape index (κ1) is 15.3. The molecular formula is C13H20O4S. The zero-order valence-corrected chi connectivity index (χ0v) is 11.9. The minimum absolute atomic E-state index is 0.474. The fourth-order valence-electron chi connectivity index (χ4n) is 1.61. The number of hydrogen-bond donors (Lipinski definition) is 1. The molecule has 1 aromatic rings. The van der Waals surface area contributed by atoms with E-state index in [9.17, 15) is 9.32 Å². The van der Waals surface area contributed by atoms with Crippen molar-refractivity contribution in [1.82, 2.24) is 0 Å². The van der Waals surface area contributed by atoms with E-state index >= 15 is 0 Å². The normalized spacial score (nSPS) is 16.6. The molecule has 5 heteroatoms. The highest BCUT2D eigenvalue weighted by atomic mass is 32.2. The van der Waals surface area contributed by atoms with Crippen molar-refractivity contribution in [2.24, 2.45) is 0 Å². The second-order valence-corrected chi connectivity index (χ2v) is 5.96. The molecule has 1 rings (SSSR count). The molecule has 102 valence electrons. The molecule has 0 radical (unpaired) electrons. The van der Waals surface area contributed by atoms with E-state index in [0.29, 0.717) is 4.90 Å². The number of aliphatic hydroxyl groups is 1. The summed E-state index contributed by atoms with van der Waals surface area (Å²) in [6, 6.07) is 7.42. The first-order valence-corrected chi connectivity index (χ1v) is 6.93. The molecule has 0 spiro atoms. The molecule has 0 aliphatic carbocycles. The van der Waals surface area contributed by atoms with Gasteiger partial charge in [-0.25, -0.2) is 0 Å². The van der Waals surface area contributed by atoms with Crippen molar-refractivity contribution in [1.29, 1.82) is 0 Å². The maximum atomic E-state index is 12.3. The Kier molecular flexibility index (Phi) is 5.95. The van der Waals surface area contributed by atoms with Crippen LogP contribution in [0, 0.1) is 6.92 Å². The molecule has 0 saturated heterocycles. The van der Waals surface area contributed by atoms with Crippen molar-refractivity contribution in [3.05, 3.63) is 29.8 Å². The van der Waals surface area contributed by atoms with Crippen LogP contribution in [0.15, 0.2) is 29.2 Å². The average molecular weight is 272 g/mol. The highest BCUT2D eigenvalue weighted by Gasteiger charge is 2.29. The Morgan fingerprint density at radius 3 is 2.11 bits per heavy atom. The molecule has 0 heterocycles. The van der Waals surface area contributed by atoms with Crippen molar-refractivity contribution in [3.63, 3.8) is 0 Å². The topological polar surface area (TPSA) is 55.8 Å². The van der Waals surface area contributed by atoms with E-state index in [2.05, 4.69) is 0 Å². The van der Waals surface area contributed by atoms with Gasteiger partial charge in [0.1, 0.15) is 6.10 Å². The van der Waals surface area contributed by atoms with E-state index in [1.54, 1.807) is 6.92 Å². The Morgan fingerprint density at radius 2 is 1.67 bits per heavy atom. The van der Waals surface area contributed by atoms with Gasteiger partial charge in [-0.05, 0) is 26.0 Å². The largest absolute Gasteiger partial charge is 0.387 e. The molecule has 1 N–H and O–H groups in total. The molecule has 0 aliphatic heterocycles. The third-order valence-corrected chi connectivity index (χ3v) is 4.51. The van der Waals surface area contributed by atoms with Gasteiger partial charge in [0.25, 0.3) is 0 Å². The van der Waals surface area contributed by atoms with Crippen LogP contribution < -0.4 is 0 Å². The number of methoxy groups -OCH3 is 2. The first-order valence-electron chi connectivity index (χ1n) is 5.72. The van der Waals surface area contributed by atoms with E-state index in [1.807, 2.05) is 31.2 Å². The van der Waals surface area contributed by atoms with E-state index in [1.165, 1.54) is 14.2 Å². The Bertz CT molecular complexity index is 386. The predicted octanol–water partition coefficient (Wildman–Crippen LogP) is 1.47. The maximum Gasteiger partial charge on any atom is 0.183 e. The van der Waals surface area contributed by atoms with E-state index < -0.39 is 28.4 Å². The zero-order chi connectivity index (χ0) is 13.7. The number of aliphatic hydroxyl groups excluding tert-OH is 1. The van der Waals surface area contributed by atoms with E-state index in [4.69, 9.17) is 9.47 Å². The quantitative estimate of drug-likeness (QED) is 0.797. The molecule has 0 fully saturated rings. The highest BCUT2D eigenvalue weighted by Crippen LogP contribution is 2.17. The van der Waals surface area contributed by atoms with Gasteiger partial charge in [-0.15, -0.1) is 0 Å². The van der Waals surface area contributed by atoms with Crippen LogP contribution in [0.2, 0.25) is 0 Å². The van der Waals surface area contributed by atoms with Crippen LogP contribution in [0.5, 0.6) is 0 Å². The zero-order valence-electron chi connectivity index (χ0n) is 11.1. The summed E-state index contributed by atoms with van der Waals surface area (Å²) in [6.45, 7) is 3.68. The van der Waals surface area contributed by atoms with E-state index in [-0.39, 0.29) is 0 Å². The number of rotatable bonds is 6. The summed E-state index contributed by atoms with van der Waals surface area (Å²) >= 11 is 0. The Labute approximate surface area is 110 Å². The summed E-state index contributed by atoms with van der Waals surface area (Å²) in [6.07, 6.45) is -1.71. The van der Waals surface area contributed by atoms with Crippen LogP contribution in [0.25, 0.3) is 0 Å². The van der Waals surface area contributed by atoms with Crippen molar-refractivity contribution >= 4 is 10.8 Å². The predicted molar refractivity (Wildman–Crippen MR) is 70.9 cm³/mol. The summed E-state index contributed by atoms with van der Waals surface area (Å²) in [5.74, 6) is 0. The summed E-state index contributed by atoms with van der Waals surface area (Å²) in [5, 5.41) is 9.55. The summed E-state index contributed by atoms with van der Waals surface area (Å²) in [5.41, 5.74) is 1.11. The lowest BCUT2D eigenvalue weighted by Gasteiger charge is -2.24. The molecule has 4 nitrogen and oxygen atoms in total. The lowest BCUT2D eigenvalue weighted by Crippen LogP contribution is -2.40. The second-order valence-electron chi connectivity index (χ2n) is 4.15. The van der Waals surface area contributed by atoms with Gasteiger partial charge in [0.2, 0.25) is 0 Å². The van der Waals surface area contributed by atoms with Gasteiger partial charge in [-0.2, -0.15) is 0 Å². The molecule has 18 heavy (non-hydrogen) atoms. The third kappa shape index (κ3) is 3.62. The minimum Gasteiger partial charge on any atom is -0.387 e. The van der Waals surface area contributed by atoms with Gasteiger partial charge in [0.15, 0.2) is 6.29 Å². The molecule has 3 atom stereocenters. The van der Waals surface area contributed by atoms with Crippen LogP contribution in [0.4, 0.5) is 0 Å². The van der Waals surface area contributed by atoms with Crippen LogP contribution in [0.1, 0.15) is 12.5 Å². The summed E-state index contributed by atoms with van der Waals surface area (Å²) in [4.78, 5) is 0.693. The summed E-state index contributed by atoms with van der Waals surface area (Å²) in [7, 11) is 1.59. The average Bonchev–Trinajstić information content (AvgIpc) is 2.39. The number of aryl methyl sites for hydroxylation is 1. The number of hydrogen-bond acceptors (Lipinski definition) is 4. The van der Waals surface area contributed by atoms with Crippen LogP contribution in [-0.4, -0.2) is 41.2 Å². The SMILES string of the molecule is COC(OC)[C@H](O)[C@@H](C)S(=O)c1ccc(C)cc1. The first-order chi connectivity index (χ1) is 8.51. The maximum absolute atomic E-state index is 12.3. The number of ether oxygens (including phenoxy) is 2. The summed E-state index contributed by atoms with van der Waals surface area (Å²) < 4.78 is 22.2. The molecule has 0 aliphatic rings. The van der Waals surface area contributed by atoms with Gasteiger partial charge in [-0.1, -0.05) is 17.7 Å². The molecule has 0 aromatic heterocycles. The van der Waals surface area contributed by atoms with Crippen LogP contribution in [-0.2, 0) is 20.3 Å². The Morgan fingerprint density at radius 1 is 1.17 bits per heavy atom. The van der Waals surface area contributed by atoms with Gasteiger partial charge in [0.05, 0.1) is 16.0 Å². The van der Waals surface area contributed by atoms with Crippen LogP contribution >= 0.6 is 0 Å². The Hall–Kier alpha value is -0.750. The van der Waals surface area contributed by atoms with Crippen LogP contribution in [0.3, 0.4) is 0 Å². The number of benzene rings is 1. The van der Waals surface area contributed by atoms with Crippen molar-refractivity contribution < 1.29 is 18.8 Å². The fraction of sp³-hybridized carbons (Fsp3) is 0.538. The standard InChI is InChI=1S/C13H20O4S/c1-9-5-7-11(8-6-9)18(15)10(2)12(14)13(16-3)17-4/h5-8,10,12-14H,1-4H3/t10-,12-,18?/m1/s1. The molecule has 0 saturated carbocycles. The van der Waals surface area contributed by atoms with Crippen molar-refractivity contribution in [2.45, 2.75) is 36.4 Å². The van der Waals surface area contributed by atoms with Crippen molar-refractivity contribution in [3.8, 4) is 0 Å². The molecule has 0 amide bonds. The van der Waals surface area contributed by atoms with Gasteiger partial charge in [-0.3, -0.25) is 4.21 Å². The lowest BCUT2D eigenvalue weighted by molar-refractivity contribution is -0.162. The minimum atomic E-state index is -1.30. The Balaban J connectivity index is 2.80. The van der Waals surface area contributed by atoms with Gasteiger partial charge >= 0.3 is 0 Å². The molecule has 1 aromatic carbocycles. The highest BCUT2D eigenvalue weighted by molar-refractivity contribution is 7.85. The smallest absolute Gasteiger partial charge is 0.183 e. The monoisotopic (exact) mass is 272 g/mol. The van der Waals surface area contributed by atoms with Crippen molar-refractivity contribution in [2.75, 3.05) is 14.2 Å². The molecular weight excluding hydrogens is 252 g/mol. The second kappa shape index (κ2) is 6.99. The van der Waals surface area contributed by atoms with Gasteiger partial charge in [0, 0.05) is 19.1 Å². The van der Waals surface area contributed by atoms with E-state index in [0.717, 1.165) is 5.56 Å². The molecule has 0 bridgehead atoms. The van der Waals surface area contributed by atoms with Gasteiger partial charge < -0.3 is 14.6 Å².